The molecule has 1 aliphatic carbocycles. The number of imidazole rings is 1. The highest BCUT2D eigenvalue weighted by atomic mass is 35.5. The smallest absolute Gasteiger partial charge is 0.211 e. The first-order chi connectivity index (χ1) is 16.1. The van der Waals surface area contributed by atoms with Crippen LogP contribution < -0.4 is 10.6 Å². The van der Waals surface area contributed by atoms with Crippen molar-refractivity contribution in [1.29, 1.82) is 0 Å². The van der Waals surface area contributed by atoms with Crippen LogP contribution in [0.1, 0.15) is 24.0 Å². The number of hydrogen-bond donors (Lipinski definition) is 1. The summed E-state index contributed by atoms with van der Waals surface area (Å²) in [5.41, 5.74) is 10.5. The number of benzene rings is 2. The van der Waals surface area contributed by atoms with Gasteiger partial charge in [-0.25, -0.2) is 9.97 Å². The van der Waals surface area contributed by atoms with Gasteiger partial charge in [-0.2, -0.15) is 0 Å². The van der Waals surface area contributed by atoms with Crippen LogP contribution in [-0.4, -0.2) is 33.5 Å². The van der Waals surface area contributed by atoms with Gasteiger partial charge in [0.2, 0.25) is 5.95 Å². The molecule has 0 bridgehead atoms. The van der Waals surface area contributed by atoms with E-state index in [4.69, 9.17) is 33.9 Å². The predicted octanol–water partition coefficient (Wildman–Crippen LogP) is 5.61. The third kappa shape index (κ3) is 3.43. The Labute approximate surface area is 206 Å². The van der Waals surface area contributed by atoms with Gasteiger partial charge in [0.05, 0.1) is 14.9 Å². The number of halogens is 2. The van der Waals surface area contributed by atoms with E-state index in [1.54, 1.807) is 6.07 Å². The normalized spacial score (nSPS) is 19.4. The van der Waals surface area contributed by atoms with E-state index in [9.17, 15) is 0 Å². The van der Waals surface area contributed by atoms with Crippen LogP contribution in [0.2, 0.25) is 10.0 Å². The highest BCUT2D eigenvalue weighted by molar-refractivity contribution is 7.99. The van der Waals surface area contributed by atoms with Gasteiger partial charge in [0.15, 0.2) is 5.65 Å². The van der Waals surface area contributed by atoms with Gasteiger partial charge in [0, 0.05) is 48.0 Å². The summed E-state index contributed by atoms with van der Waals surface area (Å²) in [7, 11) is 0. The summed E-state index contributed by atoms with van der Waals surface area (Å²) in [4.78, 5) is 13.6. The SMILES string of the molecule is NC1Cc2ccccc2C12CCN(c1ncc(Sc3cccc(Cl)c3Cl)c3nccn13)CC2. The van der Waals surface area contributed by atoms with Crippen molar-refractivity contribution in [1.82, 2.24) is 14.4 Å². The van der Waals surface area contributed by atoms with E-state index in [0.29, 0.717) is 10.0 Å². The fourth-order valence-corrected chi connectivity index (χ4v) is 6.84. The first-order valence-electron chi connectivity index (χ1n) is 11.1. The molecule has 33 heavy (non-hydrogen) atoms. The van der Waals surface area contributed by atoms with Crippen LogP contribution in [0.5, 0.6) is 0 Å². The molecule has 5 nitrogen and oxygen atoms in total. The van der Waals surface area contributed by atoms with Gasteiger partial charge >= 0.3 is 0 Å². The number of hydrogen-bond acceptors (Lipinski definition) is 5. The molecule has 168 valence electrons. The summed E-state index contributed by atoms with van der Waals surface area (Å²) < 4.78 is 2.07. The molecule has 1 saturated heterocycles. The number of nitrogens with zero attached hydrogens (tertiary/aromatic N) is 4. The van der Waals surface area contributed by atoms with Gasteiger partial charge in [0.25, 0.3) is 0 Å². The van der Waals surface area contributed by atoms with Gasteiger partial charge in [-0.15, -0.1) is 0 Å². The number of piperidine rings is 1. The minimum atomic E-state index is 0.0697. The lowest BCUT2D eigenvalue weighted by atomic mass is 9.71. The van der Waals surface area contributed by atoms with Crippen molar-refractivity contribution in [2.45, 2.75) is 40.5 Å². The predicted molar refractivity (Wildman–Crippen MR) is 135 cm³/mol. The molecule has 1 atom stereocenters. The maximum atomic E-state index is 6.70. The Kier molecular flexibility index (Phi) is 5.29. The molecule has 8 heteroatoms. The maximum Gasteiger partial charge on any atom is 0.211 e. The van der Waals surface area contributed by atoms with Crippen molar-refractivity contribution >= 4 is 46.6 Å². The van der Waals surface area contributed by atoms with Crippen molar-refractivity contribution in [3.63, 3.8) is 0 Å². The Balaban J connectivity index is 1.28. The molecule has 0 amide bonds. The Morgan fingerprint density at radius 2 is 1.82 bits per heavy atom. The number of aromatic nitrogens is 3. The highest BCUT2D eigenvalue weighted by Crippen LogP contribution is 2.46. The maximum absolute atomic E-state index is 6.70. The number of anilines is 1. The van der Waals surface area contributed by atoms with E-state index in [0.717, 1.165) is 53.7 Å². The molecule has 4 aromatic rings. The van der Waals surface area contributed by atoms with Gasteiger partial charge < -0.3 is 10.6 Å². The molecule has 1 fully saturated rings. The van der Waals surface area contributed by atoms with E-state index < -0.39 is 0 Å². The molecule has 0 radical (unpaired) electrons. The van der Waals surface area contributed by atoms with Crippen LogP contribution >= 0.6 is 35.0 Å². The summed E-state index contributed by atoms with van der Waals surface area (Å²) in [6, 6.07) is 14.6. The van der Waals surface area contributed by atoms with Crippen LogP contribution in [0.4, 0.5) is 5.95 Å². The first kappa shape index (κ1) is 21.3. The largest absolute Gasteiger partial charge is 0.342 e. The zero-order valence-electron chi connectivity index (χ0n) is 17.9. The molecule has 6 rings (SSSR count). The quantitative estimate of drug-likeness (QED) is 0.400. The fourth-order valence-electron chi connectivity index (χ4n) is 5.43. The second-order valence-electron chi connectivity index (χ2n) is 8.81. The van der Waals surface area contributed by atoms with Crippen molar-refractivity contribution in [3.05, 3.63) is 82.2 Å². The third-order valence-corrected chi connectivity index (χ3v) is 9.15. The highest BCUT2D eigenvalue weighted by Gasteiger charge is 2.46. The third-order valence-electron chi connectivity index (χ3n) is 7.15. The van der Waals surface area contributed by atoms with Crippen molar-refractivity contribution < 1.29 is 0 Å². The zero-order valence-corrected chi connectivity index (χ0v) is 20.2. The standard InChI is InChI=1S/C25H23Cl2N5S/c26-18-6-3-7-19(22(18)27)33-20-15-30-24(32-13-10-29-23(20)32)31-11-8-25(9-12-31)17-5-2-1-4-16(17)14-21(25)28/h1-7,10,13,15,21H,8-9,11-12,14,28H2. The monoisotopic (exact) mass is 495 g/mol. The number of nitrogens with two attached hydrogens (primary N) is 1. The lowest BCUT2D eigenvalue weighted by molar-refractivity contribution is 0.291. The Hall–Kier alpha value is -2.25. The zero-order chi connectivity index (χ0) is 22.6. The molecule has 1 unspecified atom stereocenters. The minimum Gasteiger partial charge on any atom is -0.342 e. The lowest BCUT2D eigenvalue weighted by Gasteiger charge is -2.43. The number of fused-ring (bicyclic) bond motifs is 3. The van der Waals surface area contributed by atoms with E-state index in [2.05, 4.69) is 38.6 Å². The van der Waals surface area contributed by atoms with Crippen molar-refractivity contribution in [2.75, 3.05) is 18.0 Å². The molecule has 1 aliphatic heterocycles. The molecule has 0 saturated carbocycles. The second kappa shape index (κ2) is 8.20. The molecule has 2 aliphatic rings. The molecular formula is C25H23Cl2N5S. The van der Waals surface area contributed by atoms with Crippen molar-refractivity contribution in [2.24, 2.45) is 5.73 Å². The molecule has 2 N–H and O–H groups in total. The number of rotatable bonds is 3. The van der Waals surface area contributed by atoms with E-state index in [-0.39, 0.29) is 11.5 Å². The summed E-state index contributed by atoms with van der Waals surface area (Å²) in [5, 5.41) is 1.09. The summed E-state index contributed by atoms with van der Waals surface area (Å²) in [6.07, 6.45) is 8.70. The van der Waals surface area contributed by atoms with Crippen LogP contribution in [0.15, 0.2) is 70.8 Å². The Morgan fingerprint density at radius 1 is 1.00 bits per heavy atom. The Morgan fingerprint density at radius 3 is 2.67 bits per heavy atom. The first-order valence-corrected chi connectivity index (χ1v) is 12.7. The molecule has 1 spiro atoms. The molecule has 2 aromatic carbocycles. The summed E-state index contributed by atoms with van der Waals surface area (Å²) in [5.74, 6) is 0.916. The van der Waals surface area contributed by atoms with Gasteiger partial charge in [-0.3, -0.25) is 4.40 Å². The van der Waals surface area contributed by atoms with Gasteiger partial charge in [-0.1, -0.05) is 65.3 Å². The van der Waals surface area contributed by atoms with E-state index in [1.165, 1.54) is 22.9 Å². The second-order valence-corrected chi connectivity index (χ2v) is 10.7. The Bertz CT molecular complexity index is 1350. The van der Waals surface area contributed by atoms with Crippen LogP contribution in [0.25, 0.3) is 5.65 Å². The summed E-state index contributed by atoms with van der Waals surface area (Å²) in [6.45, 7) is 1.82. The molecule has 3 heterocycles. The topological polar surface area (TPSA) is 59.5 Å². The van der Waals surface area contributed by atoms with Crippen LogP contribution in [0.3, 0.4) is 0 Å². The van der Waals surface area contributed by atoms with Crippen molar-refractivity contribution in [3.8, 4) is 0 Å². The average Bonchev–Trinajstić information content (AvgIpc) is 3.42. The van der Waals surface area contributed by atoms with E-state index >= 15 is 0 Å². The minimum absolute atomic E-state index is 0.0697. The average molecular weight is 496 g/mol. The summed E-state index contributed by atoms with van der Waals surface area (Å²) >= 11 is 14.1. The van der Waals surface area contributed by atoms with Gasteiger partial charge in [-0.05, 0) is 42.5 Å². The van der Waals surface area contributed by atoms with Crippen LogP contribution in [-0.2, 0) is 11.8 Å². The lowest BCUT2D eigenvalue weighted by Crippen LogP contribution is -2.51. The van der Waals surface area contributed by atoms with Gasteiger partial charge in [0.1, 0.15) is 0 Å². The van der Waals surface area contributed by atoms with E-state index in [1.807, 2.05) is 30.7 Å². The van der Waals surface area contributed by atoms with Crippen LogP contribution in [0, 0.1) is 0 Å². The fraction of sp³-hybridized carbons (Fsp3) is 0.280. The molecule has 2 aromatic heterocycles. The molecular weight excluding hydrogens is 473 g/mol.